The monoisotopic (exact) mass is 339 g/mol. The van der Waals surface area contributed by atoms with E-state index in [9.17, 15) is 13.6 Å². The largest absolute Gasteiger partial charge is 0.355 e. The van der Waals surface area contributed by atoms with Gasteiger partial charge >= 0.3 is 0 Å². The van der Waals surface area contributed by atoms with Crippen molar-refractivity contribution >= 4 is 17.3 Å². The molecule has 0 aliphatic carbocycles. The first-order chi connectivity index (χ1) is 12.1. The van der Waals surface area contributed by atoms with E-state index < -0.39 is 11.6 Å². The van der Waals surface area contributed by atoms with Gasteiger partial charge in [-0.2, -0.15) is 0 Å². The van der Waals surface area contributed by atoms with Gasteiger partial charge in [0, 0.05) is 30.2 Å². The second-order valence-corrected chi connectivity index (χ2v) is 5.35. The van der Waals surface area contributed by atoms with Gasteiger partial charge in [-0.05, 0) is 29.8 Å². The van der Waals surface area contributed by atoms with Crippen molar-refractivity contribution in [3.8, 4) is 0 Å². The highest BCUT2D eigenvalue weighted by Crippen LogP contribution is 2.19. The van der Waals surface area contributed by atoms with E-state index in [1.807, 2.05) is 30.3 Å². The summed E-state index contributed by atoms with van der Waals surface area (Å²) in [5, 5.41) is 5.70. The maximum absolute atomic E-state index is 13.3. The van der Waals surface area contributed by atoms with Crippen LogP contribution in [0.3, 0.4) is 0 Å². The van der Waals surface area contributed by atoms with Crippen molar-refractivity contribution in [1.29, 1.82) is 0 Å². The highest BCUT2D eigenvalue weighted by molar-refractivity contribution is 5.93. The van der Waals surface area contributed by atoms with Crippen molar-refractivity contribution in [3.63, 3.8) is 0 Å². The van der Waals surface area contributed by atoms with E-state index in [0.29, 0.717) is 17.9 Å². The fraction of sp³-hybridized carbons (Fsp3) is 0.0526. The van der Waals surface area contributed by atoms with E-state index in [1.165, 1.54) is 12.3 Å². The number of pyridine rings is 1. The molecule has 1 heterocycles. The van der Waals surface area contributed by atoms with E-state index in [1.54, 1.807) is 12.1 Å². The zero-order chi connectivity index (χ0) is 17.6. The summed E-state index contributed by atoms with van der Waals surface area (Å²) in [5.74, 6) is -2.18. The topological polar surface area (TPSA) is 54.0 Å². The number of rotatable bonds is 5. The molecule has 0 radical (unpaired) electrons. The first-order valence-electron chi connectivity index (χ1n) is 7.62. The number of nitrogens with zero attached hydrogens (tertiary/aromatic N) is 1. The van der Waals surface area contributed by atoms with E-state index >= 15 is 0 Å². The molecule has 0 saturated carbocycles. The summed E-state index contributed by atoms with van der Waals surface area (Å²) in [6, 6.07) is 16.2. The quantitative estimate of drug-likeness (QED) is 0.738. The first kappa shape index (κ1) is 16.6. The molecule has 3 aromatic rings. The fourth-order valence-corrected chi connectivity index (χ4v) is 2.24. The molecule has 25 heavy (non-hydrogen) atoms. The molecular weight excluding hydrogens is 324 g/mol. The molecule has 0 aliphatic rings. The average Bonchev–Trinajstić information content (AvgIpc) is 2.64. The maximum atomic E-state index is 13.3. The molecule has 0 fully saturated rings. The lowest BCUT2D eigenvalue weighted by atomic mass is 10.2. The van der Waals surface area contributed by atoms with Crippen LogP contribution in [0, 0.1) is 11.6 Å². The molecule has 2 aromatic carbocycles. The molecule has 3 rings (SSSR count). The molecule has 0 unspecified atom stereocenters. The minimum absolute atomic E-state index is 0.225. The van der Waals surface area contributed by atoms with E-state index in [0.717, 1.165) is 17.7 Å². The summed E-state index contributed by atoms with van der Waals surface area (Å²) in [4.78, 5) is 16.2. The molecule has 0 atom stereocenters. The Labute approximate surface area is 143 Å². The standard InChI is InChI=1S/C19H15F2N3O/c20-16-7-6-14(10-17(16)21)24-15-8-9-22-18(11-15)19(25)23-12-13-4-2-1-3-5-13/h1-11H,12H2,(H,22,24)(H,23,25). The molecule has 0 aliphatic heterocycles. The van der Waals surface area contributed by atoms with Crippen molar-refractivity contribution in [2.45, 2.75) is 6.54 Å². The van der Waals surface area contributed by atoms with Crippen molar-refractivity contribution < 1.29 is 13.6 Å². The number of carbonyl (C=O) groups is 1. The van der Waals surface area contributed by atoms with Gasteiger partial charge in [-0.1, -0.05) is 30.3 Å². The zero-order valence-electron chi connectivity index (χ0n) is 13.2. The molecule has 4 nitrogen and oxygen atoms in total. The van der Waals surface area contributed by atoms with Gasteiger partial charge in [0.1, 0.15) is 5.69 Å². The Hall–Kier alpha value is -3.28. The van der Waals surface area contributed by atoms with Crippen LogP contribution in [-0.4, -0.2) is 10.9 Å². The van der Waals surface area contributed by atoms with Gasteiger partial charge in [-0.15, -0.1) is 0 Å². The van der Waals surface area contributed by atoms with Gasteiger partial charge < -0.3 is 10.6 Å². The number of amides is 1. The number of halogens is 2. The summed E-state index contributed by atoms with van der Waals surface area (Å²) in [7, 11) is 0. The van der Waals surface area contributed by atoms with Crippen LogP contribution in [0.15, 0.2) is 66.9 Å². The summed E-state index contributed by atoms with van der Waals surface area (Å²) in [6.07, 6.45) is 1.47. The summed E-state index contributed by atoms with van der Waals surface area (Å²) < 4.78 is 26.2. The number of benzene rings is 2. The second-order valence-electron chi connectivity index (χ2n) is 5.35. The van der Waals surface area contributed by atoms with Crippen LogP contribution in [0.2, 0.25) is 0 Å². The predicted octanol–water partition coefficient (Wildman–Crippen LogP) is 4.03. The number of anilines is 2. The average molecular weight is 339 g/mol. The Morgan fingerprint density at radius 3 is 2.44 bits per heavy atom. The van der Waals surface area contributed by atoms with E-state index in [-0.39, 0.29) is 11.6 Å². The molecule has 126 valence electrons. The lowest BCUT2D eigenvalue weighted by Gasteiger charge is -2.09. The zero-order valence-corrected chi connectivity index (χ0v) is 13.2. The molecule has 1 amide bonds. The Morgan fingerprint density at radius 2 is 1.68 bits per heavy atom. The van der Waals surface area contributed by atoms with Crippen molar-refractivity contribution in [1.82, 2.24) is 10.3 Å². The van der Waals surface area contributed by atoms with Crippen LogP contribution in [-0.2, 0) is 6.54 Å². The van der Waals surface area contributed by atoms with Crippen LogP contribution in [0.5, 0.6) is 0 Å². The van der Waals surface area contributed by atoms with E-state index in [4.69, 9.17) is 0 Å². The molecular formula is C19H15F2N3O. The molecule has 0 saturated heterocycles. The lowest BCUT2D eigenvalue weighted by molar-refractivity contribution is 0.0946. The lowest BCUT2D eigenvalue weighted by Crippen LogP contribution is -2.23. The number of nitrogens with one attached hydrogen (secondary N) is 2. The van der Waals surface area contributed by atoms with Crippen molar-refractivity contribution in [2.75, 3.05) is 5.32 Å². The molecule has 1 aromatic heterocycles. The van der Waals surface area contributed by atoms with Crippen LogP contribution in [0.4, 0.5) is 20.2 Å². The van der Waals surface area contributed by atoms with Crippen molar-refractivity contribution in [3.05, 3.63) is 89.8 Å². The van der Waals surface area contributed by atoms with Gasteiger partial charge in [-0.25, -0.2) is 8.78 Å². The Kier molecular flexibility index (Phi) is 4.99. The minimum Gasteiger partial charge on any atom is -0.355 e. The first-order valence-corrected chi connectivity index (χ1v) is 7.62. The minimum atomic E-state index is -0.945. The Morgan fingerprint density at radius 1 is 0.920 bits per heavy atom. The highest BCUT2D eigenvalue weighted by atomic mass is 19.2. The number of aromatic nitrogens is 1. The van der Waals surface area contributed by atoms with Gasteiger partial charge in [0.2, 0.25) is 0 Å². The summed E-state index contributed by atoms with van der Waals surface area (Å²) >= 11 is 0. The number of hydrogen-bond donors (Lipinski definition) is 2. The predicted molar refractivity (Wildman–Crippen MR) is 91.5 cm³/mol. The maximum Gasteiger partial charge on any atom is 0.270 e. The summed E-state index contributed by atoms with van der Waals surface area (Å²) in [6.45, 7) is 0.391. The van der Waals surface area contributed by atoms with E-state index in [2.05, 4.69) is 15.6 Å². The summed E-state index contributed by atoms with van der Waals surface area (Å²) in [5.41, 5.74) is 2.13. The highest BCUT2D eigenvalue weighted by Gasteiger charge is 2.09. The Balaban J connectivity index is 1.68. The van der Waals surface area contributed by atoms with Gasteiger partial charge in [0.05, 0.1) is 0 Å². The number of hydrogen-bond acceptors (Lipinski definition) is 3. The third-order valence-electron chi connectivity index (χ3n) is 3.50. The van der Waals surface area contributed by atoms with Gasteiger partial charge in [0.25, 0.3) is 5.91 Å². The van der Waals surface area contributed by atoms with Crippen LogP contribution in [0.25, 0.3) is 0 Å². The normalized spacial score (nSPS) is 10.3. The van der Waals surface area contributed by atoms with Crippen LogP contribution in [0.1, 0.15) is 16.1 Å². The van der Waals surface area contributed by atoms with Gasteiger partial charge in [0.15, 0.2) is 11.6 Å². The molecule has 0 bridgehead atoms. The van der Waals surface area contributed by atoms with Gasteiger partial charge in [-0.3, -0.25) is 9.78 Å². The smallest absolute Gasteiger partial charge is 0.270 e. The molecule has 2 N–H and O–H groups in total. The third kappa shape index (κ3) is 4.38. The second kappa shape index (κ2) is 7.53. The van der Waals surface area contributed by atoms with Crippen LogP contribution >= 0.6 is 0 Å². The fourth-order valence-electron chi connectivity index (χ4n) is 2.24. The number of carbonyl (C=O) groups excluding carboxylic acids is 1. The SMILES string of the molecule is O=C(NCc1ccccc1)c1cc(Nc2ccc(F)c(F)c2)ccn1. The molecule has 0 spiro atoms. The van der Waals surface area contributed by atoms with Crippen LogP contribution < -0.4 is 10.6 Å². The molecule has 6 heteroatoms. The third-order valence-corrected chi connectivity index (χ3v) is 3.50. The Bertz CT molecular complexity index is 885. The van der Waals surface area contributed by atoms with Crippen molar-refractivity contribution in [2.24, 2.45) is 0 Å².